The number of nitriles is 1. The summed E-state index contributed by atoms with van der Waals surface area (Å²) in [6, 6.07) is 7.73. The zero-order chi connectivity index (χ0) is 14.5. The van der Waals surface area contributed by atoms with E-state index in [-0.39, 0.29) is 5.91 Å². The summed E-state index contributed by atoms with van der Waals surface area (Å²) in [5.74, 6) is 2.13. The van der Waals surface area contributed by atoms with Gasteiger partial charge in [-0.05, 0) is 24.1 Å². The van der Waals surface area contributed by atoms with Gasteiger partial charge in [0.25, 0.3) is 0 Å². The van der Waals surface area contributed by atoms with Crippen LogP contribution < -0.4 is 4.90 Å². The largest absolute Gasteiger partial charge is 0.310 e. The Morgan fingerprint density at radius 1 is 1.65 bits per heavy atom. The first-order valence-corrected chi connectivity index (χ1v) is 8.81. The summed E-state index contributed by atoms with van der Waals surface area (Å²) in [4.78, 5) is 15.3. The third kappa shape index (κ3) is 3.85. The molecule has 3 nitrogen and oxygen atoms in total. The normalized spacial score (nSPS) is 18.1. The highest BCUT2D eigenvalue weighted by atomic mass is 35.5. The molecule has 0 saturated carbocycles. The Balaban J connectivity index is 2.24. The highest BCUT2D eigenvalue weighted by molar-refractivity contribution is 8.00. The molecule has 1 aromatic carbocycles. The van der Waals surface area contributed by atoms with Crippen LogP contribution in [0.2, 0.25) is 5.02 Å². The van der Waals surface area contributed by atoms with Crippen molar-refractivity contribution in [3.8, 4) is 6.07 Å². The number of anilines is 1. The molecule has 0 fully saturated rings. The number of hydrogen-bond acceptors (Lipinski definition) is 4. The average molecular weight is 327 g/mol. The maximum atomic E-state index is 12.4. The Hall–Kier alpha value is -0.830. The molecule has 0 spiro atoms. The first kappa shape index (κ1) is 15.6. The fourth-order valence-electron chi connectivity index (χ4n) is 2.02. The standard InChI is InChI=1S/C14H15ClN2OS2/c1-10-7-17(14(18)9-19-5-4-16)12-6-11(15)2-3-13(12)20-8-10/h2-3,6,10H,5,7-9H2,1H3/t10-/m0/s1. The quantitative estimate of drug-likeness (QED) is 0.795. The predicted octanol–water partition coefficient (Wildman–Crippen LogP) is 3.67. The maximum absolute atomic E-state index is 12.4. The molecule has 1 amide bonds. The number of fused-ring (bicyclic) bond motifs is 1. The molecule has 20 heavy (non-hydrogen) atoms. The second-order valence-electron chi connectivity index (χ2n) is 4.68. The minimum Gasteiger partial charge on any atom is -0.310 e. The van der Waals surface area contributed by atoms with E-state index < -0.39 is 0 Å². The van der Waals surface area contributed by atoms with Crippen LogP contribution in [0.1, 0.15) is 6.92 Å². The summed E-state index contributed by atoms with van der Waals surface area (Å²) < 4.78 is 0. The van der Waals surface area contributed by atoms with Gasteiger partial charge in [-0.3, -0.25) is 4.79 Å². The van der Waals surface area contributed by atoms with E-state index in [0.717, 1.165) is 16.3 Å². The molecular weight excluding hydrogens is 312 g/mol. The molecule has 1 aliphatic heterocycles. The van der Waals surface area contributed by atoms with Gasteiger partial charge < -0.3 is 4.90 Å². The number of carbonyl (C=O) groups is 1. The molecule has 0 bridgehead atoms. The van der Waals surface area contributed by atoms with Crippen LogP contribution in [-0.4, -0.2) is 29.7 Å². The van der Waals surface area contributed by atoms with Crippen LogP contribution >= 0.6 is 35.1 Å². The molecule has 0 aliphatic carbocycles. The first-order chi connectivity index (χ1) is 9.61. The number of carbonyl (C=O) groups excluding carboxylic acids is 1. The minimum absolute atomic E-state index is 0.0446. The van der Waals surface area contributed by atoms with Crippen LogP contribution in [0, 0.1) is 17.2 Å². The van der Waals surface area contributed by atoms with Crippen LogP contribution in [0.5, 0.6) is 0 Å². The zero-order valence-corrected chi connectivity index (χ0v) is 13.5. The van der Waals surface area contributed by atoms with Gasteiger partial charge in [-0.15, -0.1) is 23.5 Å². The zero-order valence-electron chi connectivity index (χ0n) is 11.1. The lowest BCUT2D eigenvalue weighted by molar-refractivity contribution is -0.116. The van der Waals surface area contributed by atoms with Crippen molar-refractivity contribution in [2.24, 2.45) is 5.92 Å². The molecule has 1 atom stereocenters. The van der Waals surface area contributed by atoms with Gasteiger partial charge in [0.1, 0.15) is 0 Å². The number of hydrogen-bond donors (Lipinski definition) is 0. The lowest BCUT2D eigenvalue weighted by Crippen LogP contribution is -2.36. The molecule has 0 radical (unpaired) electrons. The number of halogens is 1. The molecule has 0 N–H and O–H groups in total. The topological polar surface area (TPSA) is 44.1 Å². The summed E-state index contributed by atoms with van der Waals surface area (Å²) in [7, 11) is 0. The highest BCUT2D eigenvalue weighted by Gasteiger charge is 2.24. The Kier molecular flexibility index (Phi) is 5.64. The Bertz CT molecular complexity index is 544. The van der Waals surface area contributed by atoms with Crippen molar-refractivity contribution in [2.75, 3.05) is 28.7 Å². The van der Waals surface area contributed by atoms with E-state index in [1.165, 1.54) is 11.8 Å². The van der Waals surface area contributed by atoms with Gasteiger partial charge >= 0.3 is 0 Å². The van der Waals surface area contributed by atoms with Crippen LogP contribution in [0.3, 0.4) is 0 Å². The third-order valence-electron chi connectivity index (χ3n) is 2.92. The second kappa shape index (κ2) is 7.26. The van der Waals surface area contributed by atoms with Crippen LogP contribution in [-0.2, 0) is 4.79 Å². The molecule has 0 aromatic heterocycles. The molecule has 1 heterocycles. The summed E-state index contributed by atoms with van der Waals surface area (Å²) >= 11 is 9.18. The van der Waals surface area contributed by atoms with Gasteiger partial charge in [0.15, 0.2) is 0 Å². The molecule has 2 rings (SSSR count). The van der Waals surface area contributed by atoms with E-state index in [2.05, 4.69) is 6.92 Å². The molecular formula is C14H15ClN2OS2. The molecule has 0 unspecified atom stereocenters. The van der Waals surface area contributed by atoms with E-state index in [4.69, 9.17) is 16.9 Å². The van der Waals surface area contributed by atoms with Crippen molar-refractivity contribution in [2.45, 2.75) is 11.8 Å². The summed E-state index contributed by atoms with van der Waals surface area (Å²) in [5.41, 5.74) is 0.898. The van der Waals surface area contributed by atoms with Gasteiger partial charge in [0, 0.05) is 22.2 Å². The van der Waals surface area contributed by atoms with Crippen LogP contribution in [0.4, 0.5) is 5.69 Å². The van der Waals surface area contributed by atoms with Crippen molar-refractivity contribution >= 4 is 46.7 Å². The van der Waals surface area contributed by atoms with E-state index in [0.29, 0.717) is 29.0 Å². The Morgan fingerprint density at radius 3 is 3.20 bits per heavy atom. The molecule has 1 aliphatic rings. The number of thioether (sulfide) groups is 2. The summed E-state index contributed by atoms with van der Waals surface area (Å²) in [6.45, 7) is 2.84. The van der Waals surface area contributed by atoms with Gasteiger partial charge in [0.05, 0.1) is 23.3 Å². The third-order valence-corrected chi connectivity index (χ3v) is 5.33. The van der Waals surface area contributed by atoms with Gasteiger partial charge in [0.2, 0.25) is 5.91 Å². The summed E-state index contributed by atoms with van der Waals surface area (Å²) in [6.07, 6.45) is 0. The molecule has 0 saturated heterocycles. The van der Waals surface area contributed by atoms with Crippen LogP contribution in [0.25, 0.3) is 0 Å². The maximum Gasteiger partial charge on any atom is 0.237 e. The predicted molar refractivity (Wildman–Crippen MR) is 86.6 cm³/mol. The van der Waals surface area contributed by atoms with Crippen LogP contribution in [0.15, 0.2) is 23.1 Å². The SMILES string of the molecule is C[C@@H]1CSc2ccc(Cl)cc2N(C(=O)CSCC#N)C1. The van der Waals surface area contributed by atoms with Crippen molar-refractivity contribution in [1.29, 1.82) is 5.26 Å². The number of benzene rings is 1. The molecule has 1 aromatic rings. The average Bonchev–Trinajstić information content (AvgIpc) is 2.58. The van der Waals surface area contributed by atoms with Crippen molar-refractivity contribution < 1.29 is 4.79 Å². The minimum atomic E-state index is 0.0446. The van der Waals surface area contributed by atoms with Gasteiger partial charge in [-0.2, -0.15) is 5.26 Å². The van der Waals surface area contributed by atoms with E-state index in [1.807, 2.05) is 29.2 Å². The van der Waals surface area contributed by atoms with Crippen molar-refractivity contribution in [1.82, 2.24) is 0 Å². The van der Waals surface area contributed by atoms with Crippen molar-refractivity contribution in [3.63, 3.8) is 0 Å². The van der Waals surface area contributed by atoms with E-state index >= 15 is 0 Å². The lowest BCUT2D eigenvalue weighted by Gasteiger charge is -2.24. The Labute approximate surface area is 132 Å². The molecule has 6 heteroatoms. The number of rotatable bonds is 3. The Morgan fingerprint density at radius 2 is 2.45 bits per heavy atom. The number of amides is 1. The van der Waals surface area contributed by atoms with Crippen molar-refractivity contribution in [3.05, 3.63) is 23.2 Å². The first-order valence-electron chi connectivity index (χ1n) is 6.29. The molecule has 106 valence electrons. The van der Waals surface area contributed by atoms with Gasteiger partial charge in [-0.1, -0.05) is 18.5 Å². The monoisotopic (exact) mass is 326 g/mol. The fourth-order valence-corrected chi connectivity index (χ4v) is 3.76. The van der Waals surface area contributed by atoms with E-state index in [1.54, 1.807) is 11.8 Å². The fraction of sp³-hybridized carbons (Fsp3) is 0.429. The lowest BCUT2D eigenvalue weighted by atomic mass is 10.2. The number of nitrogens with zero attached hydrogens (tertiary/aromatic N) is 2. The summed E-state index contributed by atoms with van der Waals surface area (Å²) in [5, 5.41) is 9.19. The van der Waals surface area contributed by atoms with Gasteiger partial charge in [-0.25, -0.2) is 0 Å². The highest BCUT2D eigenvalue weighted by Crippen LogP contribution is 2.37. The second-order valence-corrected chi connectivity index (χ2v) is 7.17. The smallest absolute Gasteiger partial charge is 0.237 e. The van der Waals surface area contributed by atoms with E-state index in [9.17, 15) is 4.79 Å².